The Bertz CT molecular complexity index is 400. The second-order valence-corrected chi connectivity index (χ2v) is 2.69. The van der Waals surface area contributed by atoms with Crippen LogP contribution in [0.1, 0.15) is 18.6 Å². The van der Waals surface area contributed by atoms with Gasteiger partial charge in [0.15, 0.2) is 0 Å². The van der Waals surface area contributed by atoms with Crippen LogP contribution in [0.4, 0.5) is 0 Å². The van der Waals surface area contributed by atoms with Gasteiger partial charge in [0.05, 0.1) is 6.10 Å². The summed E-state index contributed by atoms with van der Waals surface area (Å²) in [5, 5.41) is 16.6. The molecule has 5 heteroatoms. The monoisotopic (exact) mass is 200 g/mol. The largest absolute Gasteiger partial charge is 0.389 e. The van der Waals surface area contributed by atoms with Crippen molar-refractivity contribution in [3.8, 4) is 0 Å². The van der Waals surface area contributed by atoms with Crippen LogP contribution >= 0.6 is 12.4 Å². The van der Waals surface area contributed by atoms with E-state index >= 15 is 0 Å². The first-order chi connectivity index (χ1) is 5.77. The standard InChI is InChI=1S/C8H8N2O2.ClH/c1-5(11)6-2-3-7-8(4-6)10-12-9-7;/h2-5,11H,1H3;1H. The Hall–Kier alpha value is -1.13. The Morgan fingerprint density at radius 2 is 2.00 bits per heavy atom. The highest BCUT2D eigenvalue weighted by molar-refractivity contribution is 5.85. The molecule has 0 bridgehead atoms. The smallest absolute Gasteiger partial charge is 0.135 e. The average Bonchev–Trinajstić information content (AvgIpc) is 2.49. The zero-order chi connectivity index (χ0) is 8.55. The maximum Gasteiger partial charge on any atom is 0.135 e. The van der Waals surface area contributed by atoms with Crippen LogP contribution in [0.5, 0.6) is 0 Å². The zero-order valence-electron chi connectivity index (χ0n) is 6.97. The summed E-state index contributed by atoms with van der Waals surface area (Å²) in [4.78, 5) is 0. The summed E-state index contributed by atoms with van der Waals surface area (Å²) in [6.45, 7) is 1.70. The van der Waals surface area contributed by atoms with E-state index in [1.807, 2.05) is 0 Å². The van der Waals surface area contributed by atoms with Crippen LogP contribution in [0, 0.1) is 0 Å². The lowest BCUT2D eigenvalue weighted by Gasteiger charge is -2.01. The van der Waals surface area contributed by atoms with Gasteiger partial charge in [0.25, 0.3) is 0 Å². The predicted octanol–water partition coefficient (Wildman–Crippen LogP) is 1.70. The van der Waals surface area contributed by atoms with Gasteiger partial charge < -0.3 is 5.11 Å². The van der Waals surface area contributed by atoms with E-state index in [2.05, 4.69) is 14.9 Å². The Morgan fingerprint density at radius 1 is 1.31 bits per heavy atom. The lowest BCUT2D eigenvalue weighted by atomic mass is 10.1. The number of hydrogen-bond donors (Lipinski definition) is 1. The molecule has 1 aromatic heterocycles. The van der Waals surface area contributed by atoms with Crippen molar-refractivity contribution in [3.05, 3.63) is 23.8 Å². The first-order valence-electron chi connectivity index (χ1n) is 3.67. The lowest BCUT2D eigenvalue weighted by Crippen LogP contribution is -1.89. The van der Waals surface area contributed by atoms with Crippen molar-refractivity contribution < 1.29 is 9.74 Å². The summed E-state index contributed by atoms with van der Waals surface area (Å²) in [6, 6.07) is 5.33. The molecular formula is C8H9ClN2O2. The topological polar surface area (TPSA) is 59.2 Å². The van der Waals surface area contributed by atoms with Gasteiger partial charge in [0.1, 0.15) is 11.0 Å². The normalized spacial score (nSPS) is 12.5. The summed E-state index contributed by atoms with van der Waals surface area (Å²) < 4.78 is 4.52. The fraction of sp³-hybridized carbons (Fsp3) is 0.250. The third kappa shape index (κ3) is 1.79. The SMILES string of the molecule is CC(O)c1ccc2nonc2c1.Cl. The first-order valence-corrected chi connectivity index (χ1v) is 3.67. The van der Waals surface area contributed by atoms with E-state index in [1.54, 1.807) is 25.1 Å². The van der Waals surface area contributed by atoms with Crippen molar-refractivity contribution in [2.45, 2.75) is 13.0 Å². The lowest BCUT2D eigenvalue weighted by molar-refractivity contribution is 0.199. The zero-order valence-corrected chi connectivity index (χ0v) is 7.78. The number of halogens is 1. The molecule has 1 heterocycles. The average molecular weight is 201 g/mol. The molecule has 0 aliphatic carbocycles. The second kappa shape index (κ2) is 3.72. The molecular weight excluding hydrogens is 192 g/mol. The quantitative estimate of drug-likeness (QED) is 0.761. The fourth-order valence-corrected chi connectivity index (χ4v) is 1.06. The molecule has 2 rings (SSSR count). The summed E-state index contributed by atoms with van der Waals surface area (Å²) in [6.07, 6.45) is -0.480. The van der Waals surface area contributed by atoms with E-state index in [0.29, 0.717) is 11.0 Å². The molecule has 0 radical (unpaired) electrons. The van der Waals surface area contributed by atoms with Crippen molar-refractivity contribution in [3.63, 3.8) is 0 Å². The van der Waals surface area contributed by atoms with Crippen LogP contribution in [-0.4, -0.2) is 15.4 Å². The molecule has 0 saturated carbocycles. The number of hydrogen-bond acceptors (Lipinski definition) is 4. The molecule has 0 saturated heterocycles. The van der Waals surface area contributed by atoms with E-state index in [0.717, 1.165) is 5.56 Å². The number of aromatic nitrogens is 2. The minimum atomic E-state index is -0.480. The van der Waals surface area contributed by atoms with Gasteiger partial charge >= 0.3 is 0 Å². The minimum Gasteiger partial charge on any atom is -0.389 e. The van der Waals surface area contributed by atoms with E-state index < -0.39 is 6.10 Å². The van der Waals surface area contributed by atoms with E-state index in [1.165, 1.54) is 0 Å². The third-order valence-electron chi connectivity index (χ3n) is 1.76. The van der Waals surface area contributed by atoms with E-state index in [9.17, 15) is 5.11 Å². The fourth-order valence-electron chi connectivity index (χ4n) is 1.06. The number of rotatable bonds is 1. The molecule has 1 unspecified atom stereocenters. The highest BCUT2D eigenvalue weighted by Gasteiger charge is 2.04. The Kier molecular flexibility index (Phi) is 2.85. The van der Waals surface area contributed by atoms with Crippen molar-refractivity contribution in [2.24, 2.45) is 0 Å². The second-order valence-electron chi connectivity index (χ2n) is 2.69. The van der Waals surface area contributed by atoms with Crippen molar-refractivity contribution >= 4 is 23.4 Å². The summed E-state index contributed by atoms with van der Waals surface area (Å²) in [5.74, 6) is 0. The van der Waals surface area contributed by atoms with Gasteiger partial charge in [-0.1, -0.05) is 6.07 Å². The molecule has 0 fully saturated rings. The van der Waals surface area contributed by atoms with Gasteiger partial charge in [-0.25, -0.2) is 4.63 Å². The molecule has 1 atom stereocenters. The number of nitrogens with zero attached hydrogens (tertiary/aromatic N) is 2. The number of benzene rings is 1. The Labute approximate surface area is 80.9 Å². The molecule has 13 heavy (non-hydrogen) atoms. The minimum absolute atomic E-state index is 0. The van der Waals surface area contributed by atoms with Gasteiger partial charge in [0, 0.05) is 0 Å². The van der Waals surface area contributed by atoms with Crippen LogP contribution in [0.25, 0.3) is 11.0 Å². The van der Waals surface area contributed by atoms with Gasteiger partial charge in [-0.2, -0.15) is 0 Å². The van der Waals surface area contributed by atoms with Gasteiger partial charge in [-0.15, -0.1) is 12.4 Å². The molecule has 1 N–H and O–H groups in total. The van der Waals surface area contributed by atoms with Crippen LogP contribution in [0.2, 0.25) is 0 Å². The number of aliphatic hydroxyl groups is 1. The highest BCUT2D eigenvalue weighted by Crippen LogP contribution is 2.16. The summed E-state index contributed by atoms with van der Waals surface area (Å²) >= 11 is 0. The van der Waals surface area contributed by atoms with Crippen molar-refractivity contribution in [1.29, 1.82) is 0 Å². The highest BCUT2D eigenvalue weighted by atomic mass is 35.5. The number of fused-ring (bicyclic) bond motifs is 1. The molecule has 0 spiro atoms. The van der Waals surface area contributed by atoms with E-state index in [-0.39, 0.29) is 12.4 Å². The molecule has 2 aromatic rings. The molecule has 1 aromatic carbocycles. The summed E-state index contributed by atoms with van der Waals surface area (Å²) in [5.41, 5.74) is 2.20. The van der Waals surface area contributed by atoms with Crippen LogP contribution in [0.15, 0.2) is 22.8 Å². The van der Waals surface area contributed by atoms with Gasteiger partial charge in [-0.05, 0) is 34.9 Å². The van der Waals surface area contributed by atoms with Gasteiger partial charge in [0.2, 0.25) is 0 Å². The Morgan fingerprint density at radius 3 is 2.69 bits per heavy atom. The summed E-state index contributed by atoms with van der Waals surface area (Å²) in [7, 11) is 0. The predicted molar refractivity (Wildman–Crippen MR) is 49.7 cm³/mol. The molecule has 70 valence electrons. The first kappa shape index (κ1) is 9.95. The molecule has 0 aliphatic heterocycles. The maximum atomic E-state index is 9.24. The molecule has 0 amide bonds. The Balaban J connectivity index is 0.000000845. The van der Waals surface area contributed by atoms with E-state index in [4.69, 9.17) is 0 Å². The van der Waals surface area contributed by atoms with Crippen molar-refractivity contribution in [1.82, 2.24) is 10.3 Å². The maximum absolute atomic E-state index is 9.24. The van der Waals surface area contributed by atoms with Crippen LogP contribution in [-0.2, 0) is 0 Å². The van der Waals surface area contributed by atoms with Gasteiger partial charge in [-0.3, -0.25) is 0 Å². The van der Waals surface area contributed by atoms with Crippen LogP contribution < -0.4 is 0 Å². The van der Waals surface area contributed by atoms with Crippen LogP contribution in [0.3, 0.4) is 0 Å². The molecule has 0 aliphatic rings. The van der Waals surface area contributed by atoms with Crippen molar-refractivity contribution in [2.75, 3.05) is 0 Å². The third-order valence-corrected chi connectivity index (χ3v) is 1.76. The molecule has 4 nitrogen and oxygen atoms in total. The number of aliphatic hydroxyl groups excluding tert-OH is 1.